The number of carbonyl (C=O) groups excluding carboxylic acids is 1. The monoisotopic (exact) mass is 428 g/mol. The van der Waals surface area contributed by atoms with Crippen LogP contribution in [0, 0.1) is 17.5 Å². The Balaban J connectivity index is 1.66. The van der Waals surface area contributed by atoms with Gasteiger partial charge in [0.1, 0.15) is 5.82 Å². The minimum absolute atomic E-state index is 0.0510. The Kier molecular flexibility index (Phi) is 5.37. The predicted molar refractivity (Wildman–Crippen MR) is 107 cm³/mol. The highest BCUT2D eigenvalue weighted by Crippen LogP contribution is 2.26. The highest BCUT2D eigenvalue weighted by molar-refractivity contribution is 7.13. The number of thiophene rings is 1. The van der Waals surface area contributed by atoms with Crippen LogP contribution in [0.1, 0.15) is 16.2 Å². The van der Waals surface area contributed by atoms with Crippen molar-refractivity contribution in [2.75, 3.05) is 7.05 Å². The number of benzene rings is 2. The van der Waals surface area contributed by atoms with Crippen molar-refractivity contribution in [3.8, 4) is 16.4 Å². The van der Waals surface area contributed by atoms with Crippen LogP contribution in [0.15, 0.2) is 60.0 Å². The second-order valence-electron chi connectivity index (χ2n) is 6.53. The van der Waals surface area contributed by atoms with E-state index in [-0.39, 0.29) is 18.2 Å². The third kappa shape index (κ3) is 3.97. The fourth-order valence-corrected chi connectivity index (χ4v) is 3.58. The summed E-state index contributed by atoms with van der Waals surface area (Å²) >= 11 is 1.43. The normalized spacial score (nSPS) is 10.9. The first-order valence-corrected chi connectivity index (χ1v) is 9.76. The summed E-state index contributed by atoms with van der Waals surface area (Å²) in [4.78, 5) is 19.4. The van der Waals surface area contributed by atoms with Crippen molar-refractivity contribution >= 4 is 17.2 Å². The zero-order valence-electron chi connectivity index (χ0n) is 15.7. The second kappa shape index (κ2) is 8.11. The molecule has 0 aliphatic rings. The summed E-state index contributed by atoms with van der Waals surface area (Å²) < 4.78 is 41.4. The summed E-state index contributed by atoms with van der Waals surface area (Å²) in [5, 5.41) is 6.20. The van der Waals surface area contributed by atoms with E-state index in [9.17, 15) is 18.0 Å². The molecule has 2 aromatic carbocycles. The lowest BCUT2D eigenvalue weighted by Crippen LogP contribution is -2.27. The maximum Gasteiger partial charge on any atom is 0.293 e. The van der Waals surface area contributed by atoms with E-state index in [0.29, 0.717) is 17.1 Å². The molecule has 0 saturated carbocycles. The van der Waals surface area contributed by atoms with Gasteiger partial charge in [-0.05, 0) is 53.4 Å². The molecule has 0 radical (unpaired) electrons. The molecular weight excluding hydrogens is 413 g/mol. The molecule has 1 amide bonds. The number of aromatic nitrogens is 3. The maximum absolute atomic E-state index is 13.5. The van der Waals surface area contributed by atoms with Crippen LogP contribution >= 0.6 is 11.3 Å². The van der Waals surface area contributed by atoms with Crippen LogP contribution in [0.2, 0.25) is 0 Å². The molecule has 0 unspecified atom stereocenters. The first-order chi connectivity index (χ1) is 14.4. The zero-order chi connectivity index (χ0) is 21.3. The van der Waals surface area contributed by atoms with Gasteiger partial charge in [-0.2, -0.15) is 0 Å². The molecule has 0 aliphatic heterocycles. The molecule has 4 rings (SSSR count). The fraction of sp³-hybridized carbons (Fsp3) is 0.0952. The van der Waals surface area contributed by atoms with Gasteiger partial charge in [0.15, 0.2) is 17.5 Å². The summed E-state index contributed by atoms with van der Waals surface area (Å²) in [5.74, 6) is -2.42. The topological polar surface area (TPSA) is 51.0 Å². The quantitative estimate of drug-likeness (QED) is 0.464. The van der Waals surface area contributed by atoms with Crippen LogP contribution < -0.4 is 0 Å². The van der Waals surface area contributed by atoms with E-state index >= 15 is 0 Å². The van der Waals surface area contributed by atoms with Crippen molar-refractivity contribution in [3.05, 3.63) is 88.8 Å². The number of amides is 1. The van der Waals surface area contributed by atoms with Crippen LogP contribution in [0.3, 0.4) is 0 Å². The smallest absolute Gasteiger partial charge is 0.293 e. The predicted octanol–water partition coefficient (Wildman–Crippen LogP) is 4.69. The number of hydrogen-bond acceptors (Lipinski definition) is 4. The molecule has 2 heterocycles. The highest BCUT2D eigenvalue weighted by Gasteiger charge is 2.22. The third-order valence-electron chi connectivity index (χ3n) is 4.36. The van der Waals surface area contributed by atoms with Crippen molar-refractivity contribution in [2.45, 2.75) is 6.54 Å². The molecule has 0 saturated heterocycles. The molecule has 0 atom stereocenters. The summed E-state index contributed by atoms with van der Waals surface area (Å²) in [6.07, 6.45) is 0. The summed E-state index contributed by atoms with van der Waals surface area (Å²) in [7, 11) is 1.52. The van der Waals surface area contributed by atoms with Crippen LogP contribution in [-0.2, 0) is 6.54 Å². The van der Waals surface area contributed by atoms with E-state index in [0.717, 1.165) is 17.0 Å². The lowest BCUT2D eigenvalue weighted by atomic mass is 10.2. The van der Waals surface area contributed by atoms with Gasteiger partial charge < -0.3 is 4.90 Å². The first-order valence-electron chi connectivity index (χ1n) is 8.88. The van der Waals surface area contributed by atoms with Gasteiger partial charge in [0.05, 0.1) is 10.6 Å². The van der Waals surface area contributed by atoms with E-state index < -0.39 is 17.5 Å². The van der Waals surface area contributed by atoms with Crippen molar-refractivity contribution in [1.29, 1.82) is 0 Å². The lowest BCUT2D eigenvalue weighted by molar-refractivity contribution is 0.0773. The van der Waals surface area contributed by atoms with Crippen LogP contribution in [-0.4, -0.2) is 32.6 Å². The third-order valence-corrected chi connectivity index (χ3v) is 5.23. The minimum atomic E-state index is -0.980. The molecule has 2 aromatic heterocycles. The summed E-state index contributed by atoms with van der Waals surface area (Å²) in [5.41, 5.74) is 0.982. The number of hydrogen-bond donors (Lipinski definition) is 0. The van der Waals surface area contributed by atoms with E-state index in [4.69, 9.17) is 0 Å². The molecule has 0 fully saturated rings. The molecule has 30 heavy (non-hydrogen) atoms. The van der Waals surface area contributed by atoms with Crippen LogP contribution in [0.4, 0.5) is 13.2 Å². The van der Waals surface area contributed by atoms with Gasteiger partial charge >= 0.3 is 0 Å². The molecule has 0 spiro atoms. The lowest BCUT2D eigenvalue weighted by Gasteiger charge is -2.15. The zero-order valence-corrected chi connectivity index (χ0v) is 16.5. The Morgan fingerprint density at radius 1 is 1.07 bits per heavy atom. The van der Waals surface area contributed by atoms with E-state index in [2.05, 4.69) is 10.1 Å². The summed E-state index contributed by atoms with van der Waals surface area (Å²) in [6, 6.07) is 12.8. The SMILES string of the molecule is CN(Cc1ccc(F)c(F)c1)C(=O)c1nc(-c2cccs2)n(-c2ccc(F)cc2)n1. The van der Waals surface area contributed by atoms with Gasteiger partial charge in [-0.1, -0.05) is 12.1 Å². The minimum Gasteiger partial charge on any atom is -0.335 e. The molecular formula is C21H15F3N4OS. The molecule has 9 heteroatoms. The van der Waals surface area contributed by atoms with E-state index in [1.165, 1.54) is 46.2 Å². The van der Waals surface area contributed by atoms with Crippen LogP contribution in [0.25, 0.3) is 16.4 Å². The Bertz CT molecular complexity index is 1190. The van der Waals surface area contributed by atoms with Crippen LogP contribution in [0.5, 0.6) is 0 Å². The van der Waals surface area contributed by atoms with E-state index in [1.807, 2.05) is 17.5 Å². The largest absolute Gasteiger partial charge is 0.335 e. The van der Waals surface area contributed by atoms with Crippen molar-refractivity contribution in [2.24, 2.45) is 0 Å². The molecule has 0 N–H and O–H groups in total. The first kappa shape index (κ1) is 19.8. The molecule has 152 valence electrons. The van der Waals surface area contributed by atoms with Gasteiger partial charge in [-0.25, -0.2) is 22.8 Å². The van der Waals surface area contributed by atoms with Crippen molar-refractivity contribution in [1.82, 2.24) is 19.7 Å². The molecule has 0 bridgehead atoms. The van der Waals surface area contributed by atoms with Gasteiger partial charge in [-0.15, -0.1) is 16.4 Å². The molecule has 4 aromatic rings. The Labute approximate surface area is 174 Å². The fourth-order valence-electron chi connectivity index (χ4n) is 2.88. The molecule has 5 nitrogen and oxygen atoms in total. The second-order valence-corrected chi connectivity index (χ2v) is 7.48. The Morgan fingerprint density at radius 3 is 2.50 bits per heavy atom. The number of carbonyl (C=O) groups is 1. The highest BCUT2D eigenvalue weighted by atomic mass is 32.1. The number of nitrogens with zero attached hydrogens (tertiary/aromatic N) is 4. The van der Waals surface area contributed by atoms with E-state index in [1.54, 1.807) is 12.1 Å². The van der Waals surface area contributed by atoms with Crippen molar-refractivity contribution in [3.63, 3.8) is 0 Å². The maximum atomic E-state index is 13.5. The van der Waals surface area contributed by atoms with Crippen molar-refractivity contribution < 1.29 is 18.0 Å². The Hall–Kier alpha value is -3.46. The number of halogens is 3. The summed E-state index contributed by atoms with van der Waals surface area (Å²) in [6.45, 7) is 0.0510. The van der Waals surface area contributed by atoms with Gasteiger partial charge in [0.2, 0.25) is 5.82 Å². The Morgan fingerprint density at radius 2 is 1.83 bits per heavy atom. The average molecular weight is 428 g/mol. The molecule has 0 aliphatic carbocycles. The van der Waals surface area contributed by atoms with Gasteiger partial charge in [0, 0.05) is 13.6 Å². The number of rotatable bonds is 5. The standard InChI is InChI=1S/C21H15F3N4OS/c1-27(12-13-4-9-16(23)17(24)11-13)21(29)19-25-20(18-3-2-10-30-18)28(26-19)15-7-5-14(22)6-8-15/h2-11H,12H2,1H3. The average Bonchev–Trinajstić information content (AvgIpc) is 3.40. The van der Waals surface area contributed by atoms with Gasteiger partial charge in [-0.3, -0.25) is 4.79 Å². The van der Waals surface area contributed by atoms with Gasteiger partial charge in [0.25, 0.3) is 5.91 Å².